The van der Waals surface area contributed by atoms with E-state index in [1.54, 1.807) is 29.2 Å². The molecule has 0 spiro atoms. The zero-order chi connectivity index (χ0) is 18.7. The molecule has 10 heteroatoms. The van der Waals surface area contributed by atoms with Crippen LogP contribution in [0.25, 0.3) is 0 Å². The molecule has 9 nitrogen and oxygen atoms in total. The van der Waals surface area contributed by atoms with E-state index < -0.39 is 10.0 Å². The second-order valence-electron chi connectivity index (χ2n) is 5.99. The molecule has 2 aromatic rings. The number of carbonyl (C=O) groups excluding carboxylic acids is 1. The summed E-state index contributed by atoms with van der Waals surface area (Å²) in [6.07, 6.45) is 1.33. The first-order chi connectivity index (χ1) is 12.4. The van der Waals surface area contributed by atoms with Gasteiger partial charge in [-0.15, -0.1) is 10.2 Å². The van der Waals surface area contributed by atoms with E-state index in [9.17, 15) is 13.2 Å². The van der Waals surface area contributed by atoms with Gasteiger partial charge in [-0.2, -0.15) is 9.57 Å². The number of rotatable bonds is 4. The molecule has 0 bridgehead atoms. The van der Waals surface area contributed by atoms with Crippen molar-refractivity contribution in [3.8, 4) is 6.07 Å². The second-order valence-corrected chi connectivity index (χ2v) is 7.93. The van der Waals surface area contributed by atoms with Gasteiger partial charge < -0.3 is 4.90 Å². The normalized spacial score (nSPS) is 15.6. The minimum atomic E-state index is -3.56. The zero-order valence-corrected chi connectivity index (χ0v) is 15.1. The van der Waals surface area contributed by atoms with Gasteiger partial charge in [-0.1, -0.05) is 17.7 Å². The highest BCUT2D eigenvalue weighted by Crippen LogP contribution is 2.18. The highest BCUT2D eigenvalue weighted by atomic mass is 32.2. The predicted molar refractivity (Wildman–Crippen MR) is 91.3 cm³/mol. The molecule has 1 fully saturated rings. The molecule has 0 atom stereocenters. The predicted octanol–water partition coefficient (Wildman–Crippen LogP) is -0.00870. The number of aryl methyl sites for hydroxylation is 1. The Balaban J connectivity index is 1.63. The summed E-state index contributed by atoms with van der Waals surface area (Å²) in [6, 6.07) is 8.58. The third-order valence-corrected chi connectivity index (χ3v) is 6.18. The average molecular weight is 374 g/mol. The first kappa shape index (κ1) is 18.0. The first-order valence-electron chi connectivity index (χ1n) is 8.04. The molecular formula is C16H18N6O3S. The quantitative estimate of drug-likeness (QED) is 0.744. The Labute approximate surface area is 151 Å². The van der Waals surface area contributed by atoms with Crippen LogP contribution in [0.1, 0.15) is 11.4 Å². The second kappa shape index (κ2) is 7.23. The molecule has 0 aliphatic carbocycles. The van der Waals surface area contributed by atoms with Crippen LogP contribution in [0.2, 0.25) is 0 Å². The molecule has 1 aliphatic heterocycles. The molecule has 3 rings (SSSR count). The minimum absolute atomic E-state index is 0.0411. The van der Waals surface area contributed by atoms with Crippen LogP contribution >= 0.6 is 0 Å². The summed E-state index contributed by atoms with van der Waals surface area (Å²) in [7, 11) is -3.56. The van der Waals surface area contributed by atoms with E-state index in [4.69, 9.17) is 5.26 Å². The number of hydrogen-bond acceptors (Lipinski definition) is 6. The van der Waals surface area contributed by atoms with Gasteiger partial charge in [0.2, 0.25) is 21.8 Å². The van der Waals surface area contributed by atoms with E-state index in [0.29, 0.717) is 13.1 Å². The number of carbonyl (C=O) groups is 1. The van der Waals surface area contributed by atoms with Gasteiger partial charge in [0.25, 0.3) is 0 Å². The van der Waals surface area contributed by atoms with Crippen molar-refractivity contribution in [3.05, 3.63) is 42.0 Å². The summed E-state index contributed by atoms with van der Waals surface area (Å²) in [6.45, 7) is 2.92. The van der Waals surface area contributed by atoms with E-state index in [1.807, 2.05) is 13.0 Å². The lowest BCUT2D eigenvalue weighted by atomic mass is 10.2. The Kier molecular flexibility index (Phi) is 5.01. The molecule has 1 saturated heterocycles. The minimum Gasteiger partial charge on any atom is -0.338 e. The summed E-state index contributed by atoms with van der Waals surface area (Å²) in [5, 5.41) is 16.1. The number of sulfonamides is 1. The number of nitrogens with zero attached hydrogens (tertiary/aromatic N) is 6. The maximum atomic E-state index is 12.7. The molecule has 0 unspecified atom stereocenters. The van der Waals surface area contributed by atoms with Gasteiger partial charge in [0.15, 0.2) is 0 Å². The number of hydrogen-bond donors (Lipinski definition) is 0. The van der Waals surface area contributed by atoms with Gasteiger partial charge in [0, 0.05) is 26.2 Å². The molecule has 0 radical (unpaired) electrons. The molecular weight excluding hydrogens is 356 g/mol. The fourth-order valence-electron chi connectivity index (χ4n) is 2.74. The van der Waals surface area contributed by atoms with Crippen LogP contribution < -0.4 is 0 Å². The summed E-state index contributed by atoms with van der Waals surface area (Å²) in [4.78, 5) is 14.2. The van der Waals surface area contributed by atoms with E-state index in [0.717, 1.165) is 5.56 Å². The maximum absolute atomic E-state index is 12.7. The van der Waals surface area contributed by atoms with Crippen molar-refractivity contribution in [2.75, 3.05) is 26.2 Å². The van der Waals surface area contributed by atoms with E-state index >= 15 is 0 Å². The molecule has 1 aliphatic rings. The van der Waals surface area contributed by atoms with Crippen LogP contribution in [0.3, 0.4) is 0 Å². The average Bonchev–Trinajstić information content (AvgIpc) is 3.09. The van der Waals surface area contributed by atoms with Crippen molar-refractivity contribution in [2.24, 2.45) is 0 Å². The molecule has 26 heavy (non-hydrogen) atoms. The fourth-order valence-corrected chi connectivity index (χ4v) is 4.16. The van der Waals surface area contributed by atoms with Gasteiger partial charge in [-0.25, -0.2) is 8.42 Å². The van der Waals surface area contributed by atoms with Gasteiger partial charge in [0.05, 0.1) is 4.90 Å². The number of benzene rings is 1. The van der Waals surface area contributed by atoms with E-state index in [-0.39, 0.29) is 36.3 Å². The van der Waals surface area contributed by atoms with Crippen LogP contribution in [-0.2, 0) is 21.4 Å². The highest BCUT2D eigenvalue weighted by Gasteiger charge is 2.30. The number of piperazine rings is 1. The summed E-state index contributed by atoms with van der Waals surface area (Å²) in [5.41, 5.74) is 0.991. The van der Waals surface area contributed by atoms with Crippen molar-refractivity contribution in [1.82, 2.24) is 24.0 Å². The molecule has 0 N–H and O–H groups in total. The third kappa shape index (κ3) is 3.58. The standard InChI is InChI=1S/C16H18N6O3S/c1-13-2-4-14(5-3-13)26(24,25)22-8-6-20(7-9-22)16(23)11-21-12-18-19-15(21)10-17/h2-5,12H,6-9,11H2,1H3. The molecule has 136 valence electrons. The van der Waals surface area contributed by atoms with Crippen molar-refractivity contribution >= 4 is 15.9 Å². The van der Waals surface area contributed by atoms with E-state index in [1.165, 1.54) is 15.2 Å². The van der Waals surface area contributed by atoms with Crippen LogP contribution in [-0.4, -0.2) is 64.5 Å². The topological polar surface area (TPSA) is 112 Å². The Hall–Kier alpha value is -2.77. The summed E-state index contributed by atoms with van der Waals surface area (Å²) in [5.74, 6) is -0.132. The molecule has 1 aromatic heterocycles. The van der Waals surface area contributed by atoms with Crippen LogP contribution in [0.4, 0.5) is 0 Å². The lowest BCUT2D eigenvalue weighted by molar-refractivity contribution is -0.133. The van der Waals surface area contributed by atoms with Gasteiger partial charge in [-0.3, -0.25) is 9.36 Å². The molecule has 2 heterocycles. The van der Waals surface area contributed by atoms with Gasteiger partial charge >= 0.3 is 0 Å². The van der Waals surface area contributed by atoms with Crippen molar-refractivity contribution < 1.29 is 13.2 Å². The molecule has 1 aromatic carbocycles. The maximum Gasteiger partial charge on any atom is 0.243 e. The molecule has 1 amide bonds. The Morgan fingerprint density at radius 3 is 2.46 bits per heavy atom. The molecule has 0 saturated carbocycles. The summed E-state index contributed by atoms with van der Waals surface area (Å²) >= 11 is 0. The first-order valence-corrected chi connectivity index (χ1v) is 9.48. The number of nitriles is 1. The van der Waals surface area contributed by atoms with E-state index in [2.05, 4.69) is 10.2 Å². The lowest BCUT2D eigenvalue weighted by Crippen LogP contribution is -2.51. The van der Waals surface area contributed by atoms with Crippen LogP contribution in [0.5, 0.6) is 0 Å². The summed E-state index contributed by atoms with van der Waals surface area (Å²) < 4.78 is 28.1. The van der Waals surface area contributed by atoms with Gasteiger partial charge in [-0.05, 0) is 19.1 Å². The lowest BCUT2D eigenvalue weighted by Gasteiger charge is -2.34. The fraction of sp³-hybridized carbons (Fsp3) is 0.375. The number of aromatic nitrogens is 3. The smallest absolute Gasteiger partial charge is 0.243 e. The number of amides is 1. The Morgan fingerprint density at radius 2 is 1.85 bits per heavy atom. The Morgan fingerprint density at radius 1 is 1.19 bits per heavy atom. The van der Waals surface area contributed by atoms with Crippen molar-refractivity contribution in [1.29, 1.82) is 5.26 Å². The van der Waals surface area contributed by atoms with Crippen LogP contribution in [0.15, 0.2) is 35.5 Å². The Bertz CT molecular complexity index is 937. The largest absolute Gasteiger partial charge is 0.338 e. The third-order valence-electron chi connectivity index (χ3n) is 4.27. The monoisotopic (exact) mass is 374 g/mol. The van der Waals surface area contributed by atoms with Crippen molar-refractivity contribution in [3.63, 3.8) is 0 Å². The van der Waals surface area contributed by atoms with Gasteiger partial charge in [0.1, 0.15) is 18.9 Å². The SMILES string of the molecule is Cc1ccc(S(=O)(=O)N2CCN(C(=O)Cn3cnnc3C#N)CC2)cc1. The van der Waals surface area contributed by atoms with Crippen molar-refractivity contribution in [2.45, 2.75) is 18.4 Å². The zero-order valence-electron chi connectivity index (χ0n) is 14.2. The highest BCUT2D eigenvalue weighted by molar-refractivity contribution is 7.89. The van der Waals surface area contributed by atoms with Crippen LogP contribution in [0, 0.1) is 18.3 Å².